The van der Waals surface area contributed by atoms with Gasteiger partial charge in [0, 0.05) is 23.2 Å². The lowest BCUT2D eigenvalue weighted by Gasteiger charge is -2.34. The predicted molar refractivity (Wildman–Crippen MR) is 95.0 cm³/mol. The van der Waals surface area contributed by atoms with Crippen LogP contribution in [0.2, 0.25) is 0 Å². The number of carbonyl (C=O) groups is 1. The van der Waals surface area contributed by atoms with Gasteiger partial charge >= 0.3 is 0 Å². The van der Waals surface area contributed by atoms with Crippen molar-refractivity contribution in [2.45, 2.75) is 26.2 Å². The number of piperidine rings is 1. The lowest BCUT2D eigenvalue weighted by molar-refractivity contribution is -0.384. The maximum atomic E-state index is 12.1. The second-order valence-electron chi connectivity index (χ2n) is 6.05. The van der Waals surface area contributed by atoms with Gasteiger partial charge in [-0.1, -0.05) is 28.9 Å². The average molecular weight is 407 g/mol. The highest BCUT2D eigenvalue weighted by atomic mass is 79.9. The number of nitro benzene ring substituents is 1. The molecule has 0 spiro atoms. The minimum absolute atomic E-state index is 0. The van der Waals surface area contributed by atoms with Crippen LogP contribution in [0.15, 0.2) is 22.7 Å². The molecule has 1 aliphatic heterocycles. The SMILES string of the molecule is CC1(CNC(=O)Cc2ccc([N+](=O)[O-])cc2Br)CCNCC1.Cl. The first kappa shape index (κ1) is 19.9. The summed E-state index contributed by atoms with van der Waals surface area (Å²) in [5.41, 5.74) is 0.907. The summed E-state index contributed by atoms with van der Waals surface area (Å²) in [5, 5.41) is 17.0. The summed E-state index contributed by atoms with van der Waals surface area (Å²) in [5.74, 6) is -0.0608. The summed E-state index contributed by atoms with van der Waals surface area (Å²) in [6, 6.07) is 4.46. The van der Waals surface area contributed by atoms with Crippen molar-refractivity contribution in [3.8, 4) is 0 Å². The van der Waals surface area contributed by atoms with Crippen molar-refractivity contribution in [1.29, 1.82) is 0 Å². The molecule has 1 aromatic carbocycles. The Bertz CT molecular complexity index is 577. The number of rotatable bonds is 5. The zero-order valence-electron chi connectivity index (χ0n) is 12.9. The van der Waals surface area contributed by atoms with E-state index in [0.717, 1.165) is 31.5 Å². The first-order chi connectivity index (χ1) is 10.4. The Morgan fingerprint density at radius 3 is 2.65 bits per heavy atom. The number of hydrogen-bond acceptors (Lipinski definition) is 4. The molecule has 1 heterocycles. The molecule has 0 radical (unpaired) electrons. The topological polar surface area (TPSA) is 84.3 Å². The Balaban J connectivity index is 0.00000264. The fraction of sp³-hybridized carbons (Fsp3) is 0.533. The van der Waals surface area contributed by atoms with Gasteiger partial charge in [0.2, 0.25) is 5.91 Å². The molecule has 2 rings (SSSR count). The van der Waals surface area contributed by atoms with Gasteiger partial charge in [-0.25, -0.2) is 0 Å². The van der Waals surface area contributed by atoms with Gasteiger partial charge in [-0.2, -0.15) is 0 Å². The van der Waals surface area contributed by atoms with Gasteiger partial charge in [0.15, 0.2) is 0 Å². The van der Waals surface area contributed by atoms with Gasteiger partial charge in [-0.05, 0) is 36.9 Å². The summed E-state index contributed by atoms with van der Waals surface area (Å²) in [6.07, 6.45) is 2.32. The van der Waals surface area contributed by atoms with Gasteiger partial charge in [0.05, 0.1) is 11.3 Å². The van der Waals surface area contributed by atoms with Crippen molar-refractivity contribution >= 4 is 39.9 Å². The maximum Gasteiger partial charge on any atom is 0.270 e. The Hall–Kier alpha value is -1.18. The van der Waals surface area contributed by atoms with E-state index in [0.29, 0.717) is 11.0 Å². The number of halogens is 2. The van der Waals surface area contributed by atoms with Crippen LogP contribution in [-0.2, 0) is 11.2 Å². The van der Waals surface area contributed by atoms with Crippen molar-refractivity contribution in [2.75, 3.05) is 19.6 Å². The molecule has 0 atom stereocenters. The number of nitrogens with zero attached hydrogens (tertiary/aromatic N) is 1. The summed E-state index contributed by atoms with van der Waals surface area (Å²) >= 11 is 3.29. The van der Waals surface area contributed by atoms with Gasteiger partial charge < -0.3 is 10.6 Å². The molecular weight excluding hydrogens is 386 g/mol. The number of hydrogen-bond donors (Lipinski definition) is 2. The Labute approximate surface area is 150 Å². The number of carbonyl (C=O) groups excluding carboxylic acids is 1. The molecule has 2 N–H and O–H groups in total. The van der Waals surface area contributed by atoms with Crippen LogP contribution in [0.4, 0.5) is 5.69 Å². The van der Waals surface area contributed by atoms with E-state index in [1.165, 1.54) is 12.1 Å². The third kappa shape index (κ3) is 5.75. The standard InChI is InChI=1S/C15H20BrN3O3.ClH/c1-15(4-6-17-7-5-15)10-18-14(20)8-11-2-3-12(19(21)22)9-13(11)16;/h2-3,9,17H,4-8,10H2,1H3,(H,18,20);1H. The Kier molecular flexibility index (Phi) is 7.44. The summed E-state index contributed by atoms with van der Waals surface area (Å²) in [4.78, 5) is 22.3. The summed E-state index contributed by atoms with van der Waals surface area (Å²) in [7, 11) is 0. The van der Waals surface area contributed by atoms with Crippen LogP contribution in [0.25, 0.3) is 0 Å². The molecule has 0 unspecified atom stereocenters. The average Bonchev–Trinajstić information content (AvgIpc) is 2.48. The molecule has 23 heavy (non-hydrogen) atoms. The monoisotopic (exact) mass is 405 g/mol. The molecule has 8 heteroatoms. The molecule has 1 aliphatic rings. The van der Waals surface area contributed by atoms with Gasteiger partial charge in [0.25, 0.3) is 5.69 Å². The fourth-order valence-electron chi connectivity index (χ4n) is 2.55. The van der Waals surface area contributed by atoms with E-state index in [9.17, 15) is 14.9 Å². The van der Waals surface area contributed by atoms with E-state index in [1.54, 1.807) is 6.07 Å². The molecule has 0 aromatic heterocycles. The largest absolute Gasteiger partial charge is 0.355 e. The lowest BCUT2D eigenvalue weighted by Crippen LogP contribution is -2.43. The normalized spacial score (nSPS) is 16.3. The van der Waals surface area contributed by atoms with E-state index >= 15 is 0 Å². The molecule has 0 aliphatic carbocycles. The third-order valence-corrected chi connectivity index (χ3v) is 4.86. The van der Waals surface area contributed by atoms with Gasteiger partial charge in [-0.3, -0.25) is 14.9 Å². The van der Waals surface area contributed by atoms with Crippen LogP contribution in [-0.4, -0.2) is 30.5 Å². The zero-order chi connectivity index (χ0) is 16.2. The van der Waals surface area contributed by atoms with E-state index < -0.39 is 4.92 Å². The first-order valence-electron chi connectivity index (χ1n) is 7.30. The number of amides is 1. The van der Waals surface area contributed by atoms with E-state index in [2.05, 4.69) is 33.5 Å². The molecular formula is C15H21BrClN3O3. The van der Waals surface area contributed by atoms with Crippen LogP contribution in [0.1, 0.15) is 25.3 Å². The van der Waals surface area contributed by atoms with Crippen molar-refractivity contribution < 1.29 is 9.72 Å². The highest BCUT2D eigenvalue weighted by Gasteiger charge is 2.27. The minimum atomic E-state index is -0.452. The van der Waals surface area contributed by atoms with Crippen molar-refractivity contribution in [1.82, 2.24) is 10.6 Å². The van der Waals surface area contributed by atoms with Crippen LogP contribution in [0, 0.1) is 15.5 Å². The first-order valence-corrected chi connectivity index (χ1v) is 8.09. The zero-order valence-corrected chi connectivity index (χ0v) is 15.3. The molecule has 0 bridgehead atoms. The van der Waals surface area contributed by atoms with Gasteiger partial charge in [0.1, 0.15) is 0 Å². The molecule has 1 fully saturated rings. The molecule has 1 amide bonds. The van der Waals surface area contributed by atoms with E-state index in [-0.39, 0.29) is 35.8 Å². The smallest absolute Gasteiger partial charge is 0.270 e. The van der Waals surface area contributed by atoms with Crippen molar-refractivity contribution in [3.63, 3.8) is 0 Å². The number of benzene rings is 1. The van der Waals surface area contributed by atoms with E-state index in [1.807, 2.05) is 0 Å². The number of nitro groups is 1. The lowest BCUT2D eigenvalue weighted by atomic mass is 9.81. The van der Waals surface area contributed by atoms with Gasteiger partial charge in [-0.15, -0.1) is 12.4 Å². The quantitative estimate of drug-likeness (QED) is 0.582. The van der Waals surface area contributed by atoms with Crippen LogP contribution in [0.5, 0.6) is 0 Å². The number of nitrogens with one attached hydrogen (secondary N) is 2. The van der Waals surface area contributed by atoms with Crippen molar-refractivity contribution in [3.05, 3.63) is 38.3 Å². The Morgan fingerprint density at radius 2 is 2.09 bits per heavy atom. The highest BCUT2D eigenvalue weighted by molar-refractivity contribution is 9.10. The van der Waals surface area contributed by atoms with Crippen LogP contribution in [0.3, 0.4) is 0 Å². The third-order valence-electron chi connectivity index (χ3n) is 4.12. The predicted octanol–water partition coefficient (Wildman–Crippen LogP) is 2.83. The highest BCUT2D eigenvalue weighted by Crippen LogP contribution is 2.27. The van der Waals surface area contributed by atoms with Crippen LogP contribution >= 0.6 is 28.3 Å². The maximum absolute atomic E-state index is 12.1. The fourth-order valence-corrected chi connectivity index (χ4v) is 3.05. The minimum Gasteiger partial charge on any atom is -0.355 e. The second-order valence-corrected chi connectivity index (χ2v) is 6.90. The molecule has 0 saturated carbocycles. The summed E-state index contributed by atoms with van der Waals surface area (Å²) < 4.78 is 0.588. The van der Waals surface area contributed by atoms with Crippen molar-refractivity contribution in [2.24, 2.45) is 5.41 Å². The summed E-state index contributed by atoms with van der Waals surface area (Å²) in [6.45, 7) is 4.83. The number of non-ortho nitro benzene ring substituents is 1. The molecule has 6 nitrogen and oxygen atoms in total. The molecule has 1 aromatic rings. The molecule has 1 saturated heterocycles. The van der Waals surface area contributed by atoms with Crippen LogP contribution < -0.4 is 10.6 Å². The Morgan fingerprint density at radius 1 is 1.43 bits per heavy atom. The molecule has 128 valence electrons. The second kappa shape index (κ2) is 8.61. The van der Waals surface area contributed by atoms with E-state index in [4.69, 9.17) is 0 Å².